The number of phenols is 1. The third-order valence-electron chi connectivity index (χ3n) is 3.88. The highest BCUT2D eigenvalue weighted by Gasteiger charge is 2.22. The highest BCUT2D eigenvalue weighted by atomic mass is 16.3. The SMILES string of the molecule is CC(=O)c1c(C)cc(O)c(C(C)=O)c1-c1ccc(N(C)C)cc1. The Labute approximate surface area is 136 Å². The molecule has 0 atom stereocenters. The van der Waals surface area contributed by atoms with Crippen LogP contribution in [0.25, 0.3) is 11.1 Å². The van der Waals surface area contributed by atoms with E-state index in [1.165, 1.54) is 19.9 Å². The molecule has 0 bridgehead atoms. The lowest BCUT2D eigenvalue weighted by atomic mass is 9.87. The Morgan fingerprint density at radius 1 is 0.957 bits per heavy atom. The maximum absolute atomic E-state index is 12.1. The summed E-state index contributed by atoms with van der Waals surface area (Å²) in [6.45, 7) is 4.63. The molecule has 120 valence electrons. The summed E-state index contributed by atoms with van der Waals surface area (Å²) >= 11 is 0. The second kappa shape index (κ2) is 6.24. The number of nitrogens with zero attached hydrogens (tertiary/aromatic N) is 1. The molecule has 0 radical (unpaired) electrons. The van der Waals surface area contributed by atoms with E-state index >= 15 is 0 Å². The molecule has 0 aliphatic rings. The zero-order valence-corrected chi connectivity index (χ0v) is 14.1. The van der Waals surface area contributed by atoms with E-state index < -0.39 is 0 Å². The minimum absolute atomic E-state index is 0.0910. The Bertz CT molecular complexity index is 736. The number of Topliss-reactive ketones (excluding diaryl/α,β-unsaturated/α-hetero) is 2. The smallest absolute Gasteiger partial charge is 0.164 e. The lowest BCUT2D eigenvalue weighted by Crippen LogP contribution is -2.09. The third kappa shape index (κ3) is 3.11. The van der Waals surface area contributed by atoms with Gasteiger partial charge in [0.25, 0.3) is 0 Å². The topological polar surface area (TPSA) is 57.6 Å². The van der Waals surface area contributed by atoms with Crippen molar-refractivity contribution in [3.05, 3.63) is 47.0 Å². The van der Waals surface area contributed by atoms with Gasteiger partial charge in [0.05, 0.1) is 5.56 Å². The molecule has 0 aliphatic heterocycles. The van der Waals surface area contributed by atoms with Crippen LogP contribution in [-0.4, -0.2) is 30.8 Å². The Morgan fingerprint density at radius 2 is 1.48 bits per heavy atom. The summed E-state index contributed by atoms with van der Waals surface area (Å²) in [6, 6.07) is 9.04. The average Bonchev–Trinajstić information content (AvgIpc) is 2.45. The van der Waals surface area contributed by atoms with Crippen LogP contribution < -0.4 is 4.90 Å². The zero-order chi connectivity index (χ0) is 17.3. The third-order valence-corrected chi connectivity index (χ3v) is 3.88. The van der Waals surface area contributed by atoms with Gasteiger partial charge in [0.1, 0.15) is 5.75 Å². The van der Waals surface area contributed by atoms with Gasteiger partial charge in [-0.1, -0.05) is 12.1 Å². The van der Waals surface area contributed by atoms with E-state index in [-0.39, 0.29) is 22.9 Å². The van der Waals surface area contributed by atoms with Crippen LogP contribution in [0.3, 0.4) is 0 Å². The van der Waals surface area contributed by atoms with Crippen LogP contribution in [0.1, 0.15) is 40.1 Å². The summed E-state index contributed by atoms with van der Waals surface area (Å²) in [5.41, 5.74) is 3.59. The Morgan fingerprint density at radius 3 is 1.91 bits per heavy atom. The first-order valence-electron chi connectivity index (χ1n) is 7.40. The first-order chi connectivity index (χ1) is 10.7. The van der Waals surface area contributed by atoms with Gasteiger partial charge in [0.2, 0.25) is 0 Å². The van der Waals surface area contributed by atoms with Crippen LogP contribution in [0.5, 0.6) is 5.75 Å². The number of phenolic OH excluding ortho intramolecular Hbond substituents is 1. The first-order valence-corrected chi connectivity index (χ1v) is 7.40. The molecule has 4 heteroatoms. The van der Waals surface area contributed by atoms with Crippen molar-refractivity contribution in [1.29, 1.82) is 0 Å². The van der Waals surface area contributed by atoms with Crippen molar-refractivity contribution in [2.24, 2.45) is 0 Å². The van der Waals surface area contributed by atoms with E-state index in [1.807, 2.05) is 43.3 Å². The van der Waals surface area contributed by atoms with Crippen molar-refractivity contribution in [2.75, 3.05) is 19.0 Å². The van der Waals surface area contributed by atoms with E-state index in [4.69, 9.17) is 0 Å². The van der Waals surface area contributed by atoms with E-state index in [0.29, 0.717) is 16.7 Å². The van der Waals surface area contributed by atoms with Gasteiger partial charge in [-0.05, 0) is 50.1 Å². The number of carbonyl (C=O) groups excluding carboxylic acids is 2. The molecule has 0 aromatic heterocycles. The minimum atomic E-state index is -0.267. The zero-order valence-electron chi connectivity index (χ0n) is 14.1. The lowest BCUT2D eigenvalue weighted by Gasteiger charge is -2.18. The number of hydrogen-bond donors (Lipinski definition) is 1. The highest BCUT2D eigenvalue weighted by molar-refractivity contribution is 6.11. The summed E-state index contributed by atoms with van der Waals surface area (Å²) in [4.78, 5) is 26.1. The van der Waals surface area contributed by atoms with Gasteiger partial charge in [0, 0.05) is 30.9 Å². The van der Waals surface area contributed by atoms with Crippen LogP contribution in [-0.2, 0) is 0 Å². The predicted molar refractivity (Wildman–Crippen MR) is 92.6 cm³/mol. The van der Waals surface area contributed by atoms with Gasteiger partial charge in [0.15, 0.2) is 11.6 Å². The minimum Gasteiger partial charge on any atom is -0.507 e. The van der Waals surface area contributed by atoms with Crippen LogP contribution in [0.2, 0.25) is 0 Å². The van der Waals surface area contributed by atoms with Crippen LogP contribution in [0.15, 0.2) is 30.3 Å². The van der Waals surface area contributed by atoms with Crippen molar-refractivity contribution in [2.45, 2.75) is 20.8 Å². The fourth-order valence-corrected chi connectivity index (χ4v) is 2.82. The van der Waals surface area contributed by atoms with E-state index in [2.05, 4.69) is 0 Å². The Balaban J connectivity index is 2.82. The van der Waals surface area contributed by atoms with Crippen molar-refractivity contribution in [3.8, 4) is 16.9 Å². The average molecular weight is 311 g/mol. The van der Waals surface area contributed by atoms with Crippen molar-refractivity contribution in [1.82, 2.24) is 0 Å². The maximum Gasteiger partial charge on any atom is 0.164 e. The number of aromatic hydroxyl groups is 1. The molecule has 2 rings (SSSR count). The molecule has 1 N–H and O–H groups in total. The summed E-state index contributed by atoms with van der Waals surface area (Å²) in [5.74, 6) is -0.486. The molecule has 0 aliphatic carbocycles. The number of hydrogen-bond acceptors (Lipinski definition) is 4. The molecule has 0 heterocycles. The number of anilines is 1. The van der Waals surface area contributed by atoms with Crippen LogP contribution >= 0.6 is 0 Å². The van der Waals surface area contributed by atoms with Crippen LogP contribution in [0, 0.1) is 6.92 Å². The highest BCUT2D eigenvalue weighted by Crippen LogP contribution is 2.37. The summed E-state index contributed by atoms with van der Waals surface area (Å²) in [7, 11) is 3.88. The van der Waals surface area contributed by atoms with Gasteiger partial charge in [-0.25, -0.2) is 0 Å². The van der Waals surface area contributed by atoms with Gasteiger partial charge >= 0.3 is 0 Å². The van der Waals surface area contributed by atoms with Gasteiger partial charge in [-0.2, -0.15) is 0 Å². The molecular formula is C19H21NO3. The Hall–Kier alpha value is -2.62. The van der Waals surface area contributed by atoms with Gasteiger partial charge in [-0.3, -0.25) is 9.59 Å². The molecule has 0 saturated carbocycles. The van der Waals surface area contributed by atoms with Crippen molar-refractivity contribution < 1.29 is 14.7 Å². The fourth-order valence-electron chi connectivity index (χ4n) is 2.82. The normalized spacial score (nSPS) is 10.5. The van der Waals surface area contributed by atoms with Gasteiger partial charge < -0.3 is 10.0 Å². The first kappa shape index (κ1) is 16.7. The number of aryl methyl sites for hydroxylation is 1. The monoisotopic (exact) mass is 311 g/mol. The molecule has 23 heavy (non-hydrogen) atoms. The molecular weight excluding hydrogens is 290 g/mol. The van der Waals surface area contributed by atoms with E-state index in [9.17, 15) is 14.7 Å². The van der Waals surface area contributed by atoms with Crippen LogP contribution in [0.4, 0.5) is 5.69 Å². The fraction of sp³-hybridized carbons (Fsp3) is 0.263. The largest absolute Gasteiger partial charge is 0.507 e. The standard InChI is InChI=1S/C19H21NO3/c1-11-10-16(23)18(13(3)22)19(17(11)12(2)21)14-6-8-15(9-7-14)20(4)5/h6-10,23H,1-5H3. The number of rotatable bonds is 4. The molecule has 0 amide bonds. The van der Waals surface area contributed by atoms with Crippen molar-refractivity contribution >= 4 is 17.3 Å². The molecule has 4 nitrogen and oxygen atoms in total. The second-order valence-electron chi connectivity index (χ2n) is 5.89. The molecule has 0 unspecified atom stereocenters. The summed E-state index contributed by atoms with van der Waals surface area (Å²) in [6.07, 6.45) is 0. The number of benzene rings is 2. The van der Waals surface area contributed by atoms with E-state index in [0.717, 1.165) is 11.3 Å². The van der Waals surface area contributed by atoms with Crippen molar-refractivity contribution in [3.63, 3.8) is 0 Å². The summed E-state index contributed by atoms with van der Waals surface area (Å²) < 4.78 is 0. The molecule has 0 saturated heterocycles. The second-order valence-corrected chi connectivity index (χ2v) is 5.89. The van der Waals surface area contributed by atoms with Gasteiger partial charge in [-0.15, -0.1) is 0 Å². The number of carbonyl (C=O) groups is 2. The Kier molecular flexibility index (Phi) is 4.55. The van der Waals surface area contributed by atoms with E-state index in [1.54, 1.807) is 6.92 Å². The quantitative estimate of drug-likeness (QED) is 0.872. The maximum atomic E-state index is 12.1. The predicted octanol–water partition coefficient (Wildman–Crippen LogP) is 3.84. The molecule has 2 aromatic carbocycles. The lowest BCUT2D eigenvalue weighted by molar-refractivity contribution is 0.101. The number of ketones is 2. The molecule has 0 fully saturated rings. The summed E-state index contributed by atoms with van der Waals surface area (Å²) in [5, 5.41) is 10.2. The molecule has 0 spiro atoms. The molecule has 2 aromatic rings.